The number of amides is 2. The summed E-state index contributed by atoms with van der Waals surface area (Å²) < 4.78 is 39.7. The van der Waals surface area contributed by atoms with Gasteiger partial charge in [0.2, 0.25) is 0 Å². The Morgan fingerprint density at radius 1 is 1.21 bits per heavy atom. The van der Waals surface area contributed by atoms with Crippen molar-refractivity contribution in [2.45, 2.75) is 50.9 Å². The predicted octanol–water partition coefficient (Wildman–Crippen LogP) is 3.26. The molecule has 2 atom stereocenters. The number of para-hydroxylation sites is 1. The Morgan fingerprint density at radius 3 is 2.61 bits per heavy atom. The monoisotopic (exact) mass is 392 g/mol. The Balaban J connectivity index is 1.62. The van der Waals surface area contributed by atoms with Gasteiger partial charge in [-0.3, -0.25) is 4.79 Å². The summed E-state index contributed by atoms with van der Waals surface area (Å²) in [5, 5.41) is 2.43. The lowest BCUT2D eigenvalue weighted by atomic mass is 9.98. The van der Waals surface area contributed by atoms with Gasteiger partial charge >= 0.3 is 12.2 Å². The molecular formula is C19H19F3N4O2. The van der Waals surface area contributed by atoms with Gasteiger partial charge in [-0.05, 0) is 31.9 Å². The fourth-order valence-electron chi connectivity index (χ4n) is 4.22. The molecule has 1 aromatic heterocycles. The summed E-state index contributed by atoms with van der Waals surface area (Å²) in [6, 6.07) is 3.90. The van der Waals surface area contributed by atoms with Gasteiger partial charge in [-0.1, -0.05) is 12.1 Å². The van der Waals surface area contributed by atoms with Gasteiger partial charge in [-0.15, -0.1) is 0 Å². The summed E-state index contributed by atoms with van der Waals surface area (Å²) in [4.78, 5) is 33.9. The van der Waals surface area contributed by atoms with Gasteiger partial charge < -0.3 is 15.2 Å². The minimum atomic E-state index is -4.56. The number of carbonyl (C=O) groups is 1. The molecule has 2 aromatic rings. The lowest BCUT2D eigenvalue weighted by Gasteiger charge is -2.28. The van der Waals surface area contributed by atoms with Crippen molar-refractivity contribution < 1.29 is 18.0 Å². The lowest BCUT2D eigenvalue weighted by Crippen LogP contribution is -2.44. The highest BCUT2D eigenvalue weighted by atomic mass is 19.4. The number of hydrogen-bond donors (Lipinski definition) is 2. The van der Waals surface area contributed by atoms with Crippen LogP contribution in [0.2, 0.25) is 0 Å². The Morgan fingerprint density at radius 2 is 1.89 bits per heavy atom. The van der Waals surface area contributed by atoms with Crippen LogP contribution in [0.3, 0.4) is 0 Å². The first kappa shape index (κ1) is 18.5. The normalized spacial score (nSPS) is 21.2. The van der Waals surface area contributed by atoms with Crippen LogP contribution in [0.4, 0.5) is 23.7 Å². The van der Waals surface area contributed by atoms with Gasteiger partial charge in [-0.25, -0.2) is 9.78 Å². The van der Waals surface area contributed by atoms with E-state index >= 15 is 0 Å². The Kier molecular flexibility index (Phi) is 4.40. The van der Waals surface area contributed by atoms with Crippen LogP contribution in [-0.2, 0) is 19.0 Å². The fraction of sp³-hybridized carbons (Fsp3) is 0.421. The highest BCUT2D eigenvalue weighted by Crippen LogP contribution is 2.36. The van der Waals surface area contributed by atoms with Crippen LogP contribution in [0.5, 0.6) is 0 Å². The number of benzene rings is 1. The minimum absolute atomic E-state index is 0.196. The van der Waals surface area contributed by atoms with E-state index in [0.29, 0.717) is 36.3 Å². The zero-order chi connectivity index (χ0) is 20.1. The average molecular weight is 392 g/mol. The van der Waals surface area contributed by atoms with Gasteiger partial charge in [0.15, 0.2) is 0 Å². The Bertz CT molecular complexity index is 986. The molecule has 3 heterocycles. The molecule has 0 spiro atoms. The van der Waals surface area contributed by atoms with E-state index < -0.39 is 17.8 Å². The number of aryl methyl sites for hydroxylation is 1. The maximum absolute atomic E-state index is 13.2. The van der Waals surface area contributed by atoms with Crippen molar-refractivity contribution >= 4 is 11.7 Å². The molecule has 2 unspecified atom stereocenters. The lowest BCUT2D eigenvalue weighted by molar-refractivity contribution is -0.136. The van der Waals surface area contributed by atoms with Gasteiger partial charge in [0.05, 0.1) is 16.9 Å². The number of alkyl halides is 3. The zero-order valence-electron chi connectivity index (χ0n) is 15.1. The Labute approximate surface area is 158 Å². The summed E-state index contributed by atoms with van der Waals surface area (Å²) in [5.74, 6) is 0.511. The molecular weight excluding hydrogens is 373 g/mol. The van der Waals surface area contributed by atoms with Crippen molar-refractivity contribution in [1.29, 1.82) is 0 Å². The molecule has 9 heteroatoms. The summed E-state index contributed by atoms with van der Waals surface area (Å²) in [6.07, 6.45) is -2.36. The number of carbonyl (C=O) groups excluding carboxylic acids is 1. The van der Waals surface area contributed by atoms with E-state index in [1.165, 1.54) is 18.2 Å². The van der Waals surface area contributed by atoms with Crippen molar-refractivity contribution in [2.24, 2.45) is 0 Å². The van der Waals surface area contributed by atoms with E-state index in [1.54, 1.807) is 11.8 Å². The predicted molar refractivity (Wildman–Crippen MR) is 96.1 cm³/mol. The Hall–Kier alpha value is -2.84. The third-order valence-corrected chi connectivity index (χ3v) is 5.42. The molecule has 0 radical (unpaired) electrons. The average Bonchev–Trinajstić information content (AvgIpc) is 2.90. The third kappa shape index (κ3) is 3.25. The molecule has 1 fully saturated rings. The van der Waals surface area contributed by atoms with E-state index in [9.17, 15) is 22.8 Å². The van der Waals surface area contributed by atoms with E-state index in [2.05, 4.69) is 15.3 Å². The third-order valence-electron chi connectivity index (χ3n) is 5.42. The highest BCUT2D eigenvalue weighted by Gasteiger charge is 2.42. The number of urea groups is 1. The maximum Gasteiger partial charge on any atom is 0.418 e. The van der Waals surface area contributed by atoms with E-state index in [-0.39, 0.29) is 23.3 Å². The first-order valence-corrected chi connectivity index (χ1v) is 9.08. The number of rotatable bonds is 1. The molecule has 2 aliphatic heterocycles. The molecule has 2 aliphatic rings. The maximum atomic E-state index is 13.2. The molecule has 1 aromatic carbocycles. The van der Waals surface area contributed by atoms with Crippen molar-refractivity contribution in [3.63, 3.8) is 0 Å². The van der Waals surface area contributed by atoms with Gasteiger partial charge in [-0.2, -0.15) is 13.2 Å². The van der Waals surface area contributed by atoms with Gasteiger partial charge in [0.1, 0.15) is 5.82 Å². The van der Waals surface area contributed by atoms with Crippen LogP contribution in [-0.4, -0.2) is 33.0 Å². The SMILES string of the molecule is Cc1nc2c(c(=O)[nH]1)CC1CCC(C2)N1C(=O)Nc1ccccc1C(F)(F)F. The highest BCUT2D eigenvalue weighted by molar-refractivity contribution is 5.91. The number of nitrogens with one attached hydrogen (secondary N) is 2. The molecule has 4 rings (SSSR count). The molecule has 1 saturated heterocycles. The number of hydrogen-bond acceptors (Lipinski definition) is 3. The summed E-state index contributed by atoms with van der Waals surface area (Å²) in [5.41, 5.74) is -0.137. The second-order valence-corrected chi connectivity index (χ2v) is 7.25. The van der Waals surface area contributed by atoms with Crippen LogP contribution >= 0.6 is 0 Å². The summed E-state index contributed by atoms with van der Waals surface area (Å²) in [7, 11) is 0. The van der Waals surface area contributed by atoms with Crippen LogP contribution < -0.4 is 10.9 Å². The van der Waals surface area contributed by atoms with Crippen molar-refractivity contribution in [2.75, 3.05) is 5.32 Å². The second kappa shape index (κ2) is 6.65. The molecule has 2 N–H and O–H groups in total. The topological polar surface area (TPSA) is 78.1 Å². The number of aromatic amines is 1. The zero-order valence-corrected chi connectivity index (χ0v) is 15.1. The van der Waals surface area contributed by atoms with Gasteiger partial charge in [0, 0.05) is 30.5 Å². The molecule has 2 amide bonds. The van der Waals surface area contributed by atoms with Crippen molar-refractivity contribution in [3.05, 3.63) is 57.3 Å². The smallest absolute Gasteiger partial charge is 0.318 e. The second-order valence-electron chi connectivity index (χ2n) is 7.25. The van der Waals surface area contributed by atoms with Crippen LogP contribution in [0.15, 0.2) is 29.1 Å². The summed E-state index contributed by atoms with van der Waals surface area (Å²) in [6.45, 7) is 1.70. The molecule has 0 saturated carbocycles. The molecule has 148 valence electrons. The van der Waals surface area contributed by atoms with Crippen LogP contribution in [0, 0.1) is 6.92 Å². The first-order valence-electron chi connectivity index (χ1n) is 9.08. The molecule has 2 bridgehead atoms. The quantitative estimate of drug-likeness (QED) is 0.782. The fourth-order valence-corrected chi connectivity index (χ4v) is 4.22. The van der Waals surface area contributed by atoms with E-state index in [1.807, 2.05) is 0 Å². The molecule has 28 heavy (non-hydrogen) atoms. The van der Waals surface area contributed by atoms with Crippen LogP contribution in [0.25, 0.3) is 0 Å². The number of aromatic nitrogens is 2. The van der Waals surface area contributed by atoms with Crippen molar-refractivity contribution in [3.8, 4) is 0 Å². The number of H-pyrrole nitrogens is 1. The minimum Gasteiger partial charge on any atom is -0.318 e. The van der Waals surface area contributed by atoms with E-state index in [4.69, 9.17) is 0 Å². The van der Waals surface area contributed by atoms with Crippen molar-refractivity contribution in [1.82, 2.24) is 14.9 Å². The largest absolute Gasteiger partial charge is 0.418 e. The standard InChI is InChI=1S/C19H19F3N4O2/c1-10-23-16-9-12-7-6-11(8-13(16)17(27)24-10)26(12)18(28)25-15-5-3-2-4-14(15)19(20,21)22/h2-5,11-12H,6-9H2,1H3,(H,25,28)(H,23,24,27). The van der Waals surface area contributed by atoms with Gasteiger partial charge in [0.25, 0.3) is 5.56 Å². The first-order chi connectivity index (χ1) is 13.2. The molecule has 6 nitrogen and oxygen atoms in total. The molecule has 0 aliphatic carbocycles. The van der Waals surface area contributed by atoms with E-state index in [0.717, 1.165) is 12.5 Å². The number of nitrogens with zero attached hydrogens (tertiary/aromatic N) is 2. The number of halogens is 3. The van der Waals surface area contributed by atoms with Crippen LogP contribution in [0.1, 0.15) is 35.5 Å². The summed E-state index contributed by atoms with van der Waals surface area (Å²) >= 11 is 0. The number of anilines is 1. The number of fused-ring (bicyclic) bond motifs is 3.